The lowest BCUT2D eigenvalue weighted by atomic mass is 10.2. The van der Waals surface area contributed by atoms with Crippen molar-refractivity contribution in [3.63, 3.8) is 0 Å². The van der Waals surface area contributed by atoms with Crippen LogP contribution in [0, 0.1) is 0 Å². The SMILES string of the molecule is C[C@H](Cn1cccn1)NCc1cnc(-c2ccccc2)nc1. The molecule has 2 heterocycles. The van der Waals surface area contributed by atoms with Crippen LogP contribution in [0.2, 0.25) is 0 Å². The smallest absolute Gasteiger partial charge is 0.159 e. The predicted molar refractivity (Wildman–Crippen MR) is 86.0 cm³/mol. The van der Waals surface area contributed by atoms with Crippen molar-refractivity contribution >= 4 is 0 Å². The van der Waals surface area contributed by atoms with E-state index in [1.165, 1.54) is 0 Å². The summed E-state index contributed by atoms with van der Waals surface area (Å²) in [5.74, 6) is 0.758. The predicted octanol–water partition coefficient (Wildman–Crippen LogP) is 2.52. The minimum absolute atomic E-state index is 0.327. The fourth-order valence-corrected chi connectivity index (χ4v) is 2.23. The van der Waals surface area contributed by atoms with Crippen LogP contribution in [0.25, 0.3) is 11.4 Å². The van der Waals surface area contributed by atoms with E-state index in [0.29, 0.717) is 6.04 Å². The summed E-state index contributed by atoms with van der Waals surface area (Å²) in [5.41, 5.74) is 2.11. The Labute approximate surface area is 130 Å². The van der Waals surface area contributed by atoms with Crippen LogP contribution < -0.4 is 5.32 Å². The van der Waals surface area contributed by atoms with Crippen molar-refractivity contribution in [2.45, 2.75) is 26.1 Å². The van der Waals surface area contributed by atoms with E-state index in [0.717, 1.165) is 30.0 Å². The van der Waals surface area contributed by atoms with Crippen LogP contribution in [0.15, 0.2) is 61.2 Å². The summed E-state index contributed by atoms with van der Waals surface area (Å²) >= 11 is 0. The van der Waals surface area contributed by atoms with Gasteiger partial charge in [-0.15, -0.1) is 0 Å². The van der Waals surface area contributed by atoms with Gasteiger partial charge >= 0.3 is 0 Å². The lowest BCUT2D eigenvalue weighted by Gasteiger charge is -2.13. The average molecular weight is 293 g/mol. The molecule has 112 valence electrons. The standard InChI is InChI=1S/C17H19N5/c1-14(13-22-9-5-8-21-22)18-10-15-11-19-17(20-12-15)16-6-3-2-4-7-16/h2-9,11-12,14,18H,10,13H2,1H3/t14-/m1/s1. The van der Waals surface area contributed by atoms with Crippen LogP contribution in [-0.4, -0.2) is 25.8 Å². The number of aromatic nitrogens is 4. The second-order valence-corrected chi connectivity index (χ2v) is 5.29. The lowest BCUT2D eigenvalue weighted by molar-refractivity contribution is 0.450. The molecule has 1 aromatic carbocycles. The zero-order chi connectivity index (χ0) is 15.2. The number of benzene rings is 1. The molecule has 22 heavy (non-hydrogen) atoms. The zero-order valence-corrected chi connectivity index (χ0v) is 12.6. The molecule has 0 amide bonds. The Hall–Kier alpha value is -2.53. The largest absolute Gasteiger partial charge is 0.308 e. The van der Waals surface area contributed by atoms with Gasteiger partial charge in [-0.2, -0.15) is 5.10 Å². The fraction of sp³-hybridized carbons (Fsp3) is 0.235. The topological polar surface area (TPSA) is 55.6 Å². The molecule has 1 atom stereocenters. The number of nitrogens with zero attached hydrogens (tertiary/aromatic N) is 4. The third kappa shape index (κ3) is 3.77. The van der Waals surface area contributed by atoms with E-state index in [1.54, 1.807) is 6.20 Å². The van der Waals surface area contributed by atoms with Crippen molar-refractivity contribution in [1.29, 1.82) is 0 Å². The molecule has 0 spiro atoms. The van der Waals surface area contributed by atoms with Crippen LogP contribution in [0.1, 0.15) is 12.5 Å². The third-order valence-corrected chi connectivity index (χ3v) is 3.41. The molecule has 5 nitrogen and oxygen atoms in total. The molecule has 3 rings (SSSR count). The van der Waals surface area contributed by atoms with Gasteiger partial charge in [0.2, 0.25) is 0 Å². The van der Waals surface area contributed by atoms with Gasteiger partial charge in [0.15, 0.2) is 5.82 Å². The molecule has 5 heteroatoms. The van der Waals surface area contributed by atoms with E-state index < -0.39 is 0 Å². The van der Waals surface area contributed by atoms with Gasteiger partial charge in [0.05, 0.1) is 6.54 Å². The Morgan fingerprint density at radius 2 is 1.86 bits per heavy atom. The number of hydrogen-bond acceptors (Lipinski definition) is 4. The van der Waals surface area contributed by atoms with E-state index in [-0.39, 0.29) is 0 Å². The molecule has 1 N–H and O–H groups in total. The number of rotatable bonds is 6. The van der Waals surface area contributed by atoms with E-state index in [2.05, 4.69) is 27.3 Å². The highest BCUT2D eigenvalue weighted by atomic mass is 15.3. The van der Waals surface area contributed by atoms with Gasteiger partial charge < -0.3 is 5.32 Å². The van der Waals surface area contributed by atoms with Crippen molar-refractivity contribution in [3.05, 3.63) is 66.7 Å². The van der Waals surface area contributed by atoms with Crippen molar-refractivity contribution in [1.82, 2.24) is 25.1 Å². The second kappa shape index (κ2) is 6.95. The summed E-state index contributed by atoms with van der Waals surface area (Å²) in [5, 5.41) is 7.66. The molecule has 0 aliphatic carbocycles. The minimum atomic E-state index is 0.327. The van der Waals surface area contributed by atoms with E-state index in [1.807, 2.05) is 59.7 Å². The van der Waals surface area contributed by atoms with Gasteiger partial charge in [0, 0.05) is 48.5 Å². The van der Waals surface area contributed by atoms with Gasteiger partial charge in [-0.1, -0.05) is 30.3 Å². The minimum Gasteiger partial charge on any atom is -0.308 e. The highest BCUT2D eigenvalue weighted by Gasteiger charge is 2.04. The van der Waals surface area contributed by atoms with E-state index in [9.17, 15) is 0 Å². The van der Waals surface area contributed by atoms with Crippen LogP contribution in [-0.2, 0) is 13.1 Å². The molecular formula is C17H19N5. The molecule has 0 bridgehead atoms. The first-order valence-electron chi connectivity index (χ1n) is 7.38. The first kappa shape index (κ1) is 14.4. The van der Waals surface area contributed by atoms with Crippen LogP contribution in [0.3, 0.4) is 0 Å². The Balaban J connectivity index is 1.55. The van der Waals surface area contributed by atoms with Gasteiger partial charge in [0.25, 0.3) is 0 Å². The molecule has 0 saturated carbocycles. The maximum atomic E-state index is 4.43. The molecule has 0 aliphatic rings. The number of hydrogen-bond donors (Lipinski definition) is 1. The second-order valence-electron chi connectivity index (χ2n) is 5.29. The summed E-state index contributed by atoms with van der Waals surface area (Å²) < 4.78 is 1.92. The van der Waals surface area contributed by atoms with E-state index in [4.69, 9.17) is 0 Å². The van der Waals surface area contributed by atoms with Gasteiger partial charge in [-0.3, -0.25) is 4.68 Å². The number of nitrogens with one attached hydrogen (secondary N) is 1. The molecule has 3 aromatic rings. The quantitative estimate of drug-likeness (QED) is 0.759. The normalized spacial score (nSPS) is 12.2. The summed E-state index contributed by atoms with van der Waals surface area (Å²) in [6.45, 7) is 3.73. The van der Waals surface area contributed by atoms with Gasteiger partial charge in [-0.25, -0.2) is 9.97 Å². The summed E-state index contributed by atoms with van der Waals surface area (Å²) in [4.78, 5) is 8.87. The van der Waals surface area contributed by atoms with Crippen molar-refractivity contribution in [3.8, 4) is 11.4 Å². The first-order chi connectivity index (χ1) is 10.8. The Morgan fingerprint density at radius 3 is 2.55 bits per heavy atom. The highest BCUT2D eigenvalue weighted by Crippen LogP contribution is 2.13. The van der Waals surface area contributed by atoms with Crippen LogP contribution in [0.4, 0.5) is 0 Å². The monoisotopic (exact) mass is 293 g/mol. The third-order valence-electron chi connectivity index (χ3n) is 3.41. The lowest BCUT2D eigenvalue weighted by Crippen LogP contribution is -2.30. The zero-order valence-electron chi connectivity index (χ0n) is 12.6. The maximum Gasteiger partial charge on any atom is 0.159 e. The maximum absolute atomic E-state index is 4.43. The summed E-state index contributed by atoms with van der Waals surface area (Å²) in [6, 6.07) is 12.3. The molecule has 2 aromatic heterocycles. The highest BCUT2D eigenvalue weighted by molar-refractivity contribution is 5.53. The van der Waals surface area contributed by atoms with Crippen LogP contribution in [0.5, 0.6) is 0 Å². The van der Waals surface area contributed by atoms with Gasteiger partial charge in [0.1, 0.15) is 0 Å². The molecule has 0 aliphatic heterocycles. The summed E-state index contributed by atoms with van der Waals surface area (Å²) in [7, 11) is 0. The van der Waals surface area contributed by atoms with Crippen LogP contribution >= 0.6 is 0 Å². The van der Waals surface area contributed by atoms with Crippen molar-refractivity contribution < 1.29 is 0 Å². The molecular weight excluding hydrogens is 274 g/mol. The Kier molecular flexibility index (Phi) is 4.56. The molecule has 0 unspecified atom stereocenters. The molecule has 0 saturated heterocycles. The molecule has 0 radical (unpaired) electrons. The fourth-order valence-electron chi connectivity index (χ4n) is 2.23. The van der Waals surface area contributed by atoms with Gasteiger partial charge in [-0.05, 0) is 13.0 Å². The van der Waals surface area contributed by atoms with E-state index >= 15 is 0 Å². The summed E-state index contributed by atoms with van der Waals surface area (Å²) in [6.07, 6.45) is 7.52. The first-order valence-corrected chi connectivity index (χ1v) is 7.38. The van der Waals surface area contributed by atoms with Crippen molar-refractivity contribution in [2.75, 3.05) is 0 Å². The Bertz CT molecular complexity index is 677. The Morgan fingerprint density at radius 1 is 1.09 bits per heavy atom. The average Bonchev–Trinajstić information content (AvgIpc) is 3.07. The van der Waals surface area contributed by atoms with Crippen molar-refractivity contribution in [2.24, 2.45) is 0 Å². The molecule has 0 fully saturated rings.